The van der Waals surface area contributed by atoms with E-state index in [-0.39, 0.29) is 67.2 Å². The van der Waals surface area contributed by atoms with Crippen molar-refractivity contribution in [2.75, 3.05) is 0 Å². The fraction of sp³-hybridized carbons (Fsp3) is 0.143. The van der Waals surface area contributed by atoms with E-state index < -0.39 is 54.1 Å². The summed E-state index contributed by atoms with van der Waals surface area (Å²) in [6.45, 7) is 8.03. The third kappa shape index (κ3) is 7.10. The molecule has 8 aromatic rings. The summed E-state index contributed by atoms with van der Waals surface area (Å²) in [6, 6.07) is 49.0. The van der Waals surface area contributed by atoms with Crippen molar-refractivity contribution in [1.29, 1.82) is 0 Å². The number of hydrogen-bond donors (Lipinski definition) is 0. The topological polar surface area (TPSA) is 142 Å². The monoisotopic (exact) mass is 1030 g/mol. The Morgan fingerprint density at radius 1 is 0.250 bits per heavy atom. The molecule has 0 spiro atoms. The second-order valence-corrected chi connectivity index (χ2v) is 26.2. The van der Waals surface area contributed by atoms with Gasteiger partial charge in [0.2, 0.25) is 0 Å². The van der Waals surface area contributed by atoms with Gasteiger partial charge in [-0.2, -0.15) is 0 Å². The molecule has 0 N–H and O–H groups in total. The minimum absolute atomic E-state index is 0.185. The quantitative estimate of drug-likeness (QED) is 0.155. The van der Waals surface area contributed by atoms with E-state index in [1.807, 2.05) is 52.0 Å². The minimum Gasteiger partial charge on any atom is -0.412 e. The largest absolute Gasteiger partial charge is 0.462 e. The fourth-order valence-electron chi connectivity index (χ4n) is 10.4. The average Bonchev–Trinajstić information content (AvgIpc) is 3.38. The third-order valence-electron chi connectivity index (χ3n) is 14.3. The molecule has 13 rings (SSSR count). The lowest BCUT2D eigenvalue weighted by Crippen LogP contribution is -2.23. The lowest BCUT2D eigenvalue weighted by molar-refractivity contribution is 0.375. The molecular formula is C56H44O12P4. The van der Waals surface area contributed by atoms with E-state index in [9.17, 15) is 0 Å². The molecule has 360 valence electrons. The van der Waals surface area contributed by atoms with Gasteiger partial charge in [0.1, 0.15) is 46.0 Å². The van der Waals surface area contributed by atoms with Crippen LogP contribution < -0.4 is 57.4 Å². The van der Waals surface area contributed by atoms with Crippen molar-refractivity contribution < 1.29 is 54.5 Å². The van der Waals surface area contributed by atoms with E-state index in [0.29, 0.717) is 44.5 Å². The maximum absolute atomic E-state index is 15.8. The number of rotatable bonds is 4. The average molecular weight is 1030 g/mol. The number of benzene rings is 8. The molecule has 0 saturated carbocycles. The first-order chi connectivity index (χ1) is 34.7. The van der Waals surface area contributed by atoms with E-state index >= 15 is 18.3 Å². The Morgan fingerprint density at radius 2 is 0.403 bits per heavy atom. The van der Waals surface area contributed by atoms with Gasteiger partial charge < -0.3 is 36.2 Å². The second-order valence-electron chi connectivity index (χ2n) is 18.7. The molecule has 4 aliphatic heterocycles. The van der Waals surface area contributed by atoms with Crippen LogP contribution in [0.4, 0.5) is 0 Å². The summed E-state index contributed by atoms with van der Waals surface area (Å²) in [6.07, 6.45) is 0. The summed E-state index contributed by atoms with van der Waals surface area (Å²) < 4.78 is 117. The van der Waals surface area contributed by atoms with Gasteiger partial charge in [0.05, 0.1) is 21.2 Å². The zero-order valence-corrected chi connectivity index (χ0v) is 42.7. The molecule has 72 heavy (non-hydrogen) atoms. The molecule has 8 aromatic carbocycles. The van der Waals surface area contributed by atoms with Crippen molar-refractivity contribution in [2.24, 2.45) is 0 Å². The molecule has 0 amide bonds. The van der Waals surface area contributed by atoms with Crippen LogP contribution in [0.3, 0.4) is 0 Å². The molecule has 0 aromatic heterocycles. The Labute approximate surface area is 415 Å². The van der Waals surface area contributed by atoms with Crippen LogP contribution in [0.15, 0.2) is 170 Å². The Balaban J connectivity index is 1.17. The van der Waals surface area contributed by atoms with Crippen LogP contribution in [0.1, 0.15) is 95.9 Å². The summed E-state index contributed by atoms with van der Waals surface area (Å²) in [7, 11) is -17.5. The summed E-state index contributed by atoms with van der Waals surface area (Å²) in [5, 5.41) is 1.07. The second kappa shape index (κ2) is 16.3. The van der Waals surface area contributed by atoms with Crippen molar-refractivity contribution in [3.63, 3.8) is 0 Å². The predicted molar refractivity (Wildman–Crippen MR) is 276 cm³/mol. The highest BCUT2D eigenvalue weighted by molar-refractivity contribution is 7.64. The smallest absolute Gasteiger partial charge is 0.412 e. The highest BCUT2D eigenvalue weighted by Gasteiger charge is 2.46. The molecule has 12 nitrogen and oxygen atoms in total. The predicted octanol–water partition coefficient (Wildman–Crippen LogP) is 13.8. The van der Waals surface area contributed by atoms with Gasteiger partial charge in [-0.05, 0) is 72.8 Å². The van der Waals surface area contributed by atoms with Gasteiger partial charge in [-0.1, -0.05) is 100 Å². The molecule has 8 bridgehead atoms. The van der Waals surface area contributed by atoms with Crippen LogP contribution in [-0.2, 0) is 18.3 Å². The van der Waals surface area contributed by atoms with E-state index in [1.54, 1.807) is 146 Å². The highest BCUT2D eigenvalue weighted by Crippen LogP contribution is 2.64. The first-order valence-electron chi connectivity index (χ1n) is 23.6. The van der Waals surface area contributed by atoms with Crippen molar-refractivity contribution in [2.45, 2.75) is 51.4 Å². The Morgan fingerprint density at radius 3 is 0.556 bits per heavy atom. The number of hydrogen-bond acceptors (Lipinski definition) is 12. The van der Waals surface area contributed by atoms with Crippen LogP contribution in [0.5, 0.6) is 46.0 Å². The molecule has 0 radical (unpaired) electrons. The molecule has 1 aliphatic carbocycles. The molecule has 0 saturated heterocycles. The van der Waals surface area contributed by atoms with Crippen molar-refractivity contribution >= 4 is 51.6 Å². The Hall–Kier alpha value is -6.92. The summed E-state index contributed by atoms with van der Waals surface area (Å²) >= 11 is 0. The van der Waals surface area contributed by atoms with E-state index in [2.05, 4.69) is 0 Å². The molecular weight excluding hydrogens is 988 g/mol. The lowest BCUT2D eigenvalue weighted by Gasteiger charge is -2.36. The fourth-order valence-corrected chi connectivity index (χ4v) is 16.8. The standard InChI is InChI=1S/C56H44O12P4/c1-33-41-25-43-34(2)45-27-47-36(4)48-28-46-35(3)44-26-42(33)50-30-52(44)64-71(59,39-21-13-7-14-22-39)66-54(46)32-56(48)68-72(60,40-23-15-8-16-24-40)67-55(47)31-53(45)65-70(58,38-19-11-6-12-20-38)63-51(43)29-49(41)61-69(57,62-50)37-17-9-5-10-18-37/h5-36H,1-4H3. The third-order valence-corrected chi connectivity index (χ3v) is 21.6. The van der Waals surface area contributed by atoms with Gasteiger partial charge in [0.15, 0.2) is 0 Å². The van der Waals surface area contributed by atoms with E-state index in [0.717, 1.165) is 0 Å². The van der Waals surface area contributed by atoms with E-state index in [1.165, 1.54) is 0 Å². The summed E-state index contributed by atoms with van der Waals surface area (Å²) in [5.74, 6) is -0.565. The normalized spacial score (nSPS) is 26.8. The molecule has 0 fully saturated rings. The van der Waals surface area contributed by atoms with Gasteiger partial charge in [0, 0.05) is 92.4 Å². The molecule has 4 heterocycles. The van der Waals surface area contributed by atoms with Gasteiger partial charge in [-0.3, -0.25) is 0 Å². The zero-order chi connectivity index (χ0) is 49.3. The van der Waals surface area contributed by atoms with Crippen molar-refractivity contribution in [1.82, 2.24) is 0 Å². The molecule has 5 aliphatic rings. The first kappa shape index (κ1) is 45.0. The first-order valence-corrected chi connectivity index (χ1v) is 29.8. The van der Waals surface area contributed by atoms with Crippen LogP contribution in [-0.4, -0.2) is 0 Å². The van der Waals surface area contributed by atoms with Crippen LogP contribution in [0.25, 0.3) is 0 Å². The molecule has 0 atom stereocenters. The van der Waals surface area contributed by atoms with Gasteiger partial charge in [-0.15, -0.1) is 0 Å². The van der Waals surface area contributed by atoms with Crippen LogP contribution in [0.2, 0.25) is 0 Å². The highest BCUT2D eigenvalue weighted by atomic mass is 31.2. The Bertz CT molecular complexity index is 3130. The minimum atomic E-state index is -4.37. The SMILES string of the molecule is CC1c2cc3c4cc2OP(=O)(c2ccccc2)Oc2cc5c(cc21)C(C)c1cc2c(cc1OP(=O)(c1ccccc1)O5)OP(=O)(c1ccccc1)Oc1cc(c(cc1C2C)C3C)OP(=O)(c1ccccc1)O4. The summed E-state index contributed by atoms with van der Waals surface area (Å²) in [4.78, 5) is 0. The van der Waals surface area contributed by atoms with Gasteiger partial charge in [-0.25, -0.2) is 18.3 Å². The molecule has 0 unspecified atom stereocenters. The van der Waals surface area contributed by atoms with Gasteiger partial charge >= 0.3 is 30.4 Å². The maximum Gasteiger partial charge on any atom is 0.462 e. The van der Waals surface area contributed by atoms with Crippen LogP contribution >= 0.6 is 30.4 Å². The van der Waals surface area contributed by atoms with Gasteiger partial charge in [0.25, 0.3) is 0 Å². The lowest BCUT2D eigenvalue weighted by atomic mass is 9.81. The molecule has 16 heteroatoms. The Kier molecular flexibility index (Phi) is 10.2. The maximum atomic E-state index is 15.8. The van der Waals surface area contributed by atoms with E-state index in [4.69, 9.17) is 36.2 Å². The van der Waals surface area contributed by atoms with Crippen LogP contribution in [0, 0.1) is 0 Å². The summed E-state index contributed by atoms with van der Waals surface area (Å²) in [5.41, 5.74) is 5.14. The zero-order valence-electron chi connectivity index (χ0n) is 39.2. The van der Waals surface area contributed by atoms with Crippen molar-refractivity contribution in [3.8, 4) is 46.0 Å². The van der Waals surface area contributed by atoms with Crippen molar-refractivity contribution in [3.05, 3.63) is 214 Å².